The van der Waals surface area contributed by atoms with Gasteiger partial charge in [-0.15, -0.1) is 0 Å². The van der Waals surface area contributed by atoms with E-state index in [-0.39, 0.29) is 17.9 Å². The standard InChI is InChI=1S/C16H19N3O3/c20-14(19-12-5-3-10(4-6-12)16(21)22)8-11-9-18-15-13(11)2-1-7-17-15/h1-2,7,9-10,12H,3-6,8H2,(H,17,18)(H,19,20)(H,21,22). The topological polar surface area (TPSA) is 95.1 Å². The fourth-order valence-corrected chi connectivity index (χ4v) is 3.10. The Hall–Kier alpha value is -2.37. The Kier molecular flexibility index (Phi) is 4.09. The molecule has 2 heterocycles. The molecule has 1 fully saturated rings. The van der Waals surface area contributed by atoms with Gasteiger partial charge in [0, 0.05) is 23.8 Å². The molecule has 1 aliphatic carbocycles. The van der Waals surface area contributed by atoms with E-state index in [0.29, 0.717) is 19.3 Å². The van der Waals surface area contributed by atoms with Crippen molar-refractivity contribution in [2.24, 2.45) is 5.92 Å². The number of nitrogens with zero attached hydrogens (tertiary/aromatic N) is 1. The fraction of sp³-hybridized carbons (Fsp3) is 0.438. The Morgan fingerprint density at radius 3 is 2.82 bits per heavy atom. The van der Waals surface area contributed by atoms with Crippen LogP contribution in [0.25, 0.3) is 11.0 Å². The zero-order chi connectivity index (χ0) is 15.5. The number of carboxylic acids is 1. The van der Waals surface area contributed by atoms with Crippen LogP contribution in [0.15, 0.2) is 24.5 Å². The molecule has 0 radical (unpaired) electrons. The first kappa shape index (κ1) is 14.6. The highest BCUT2D eigenvalue weighted by Crippen LogP contribution is 2.24. The minimum absolute atomic E-state index is 0.0245. The van der Waals surface area contributed by atoms with Crippen LogP contribution in [0.2, 0.25) is 0 Å². The Balaban J connectivity index is 1.56. The third-order valence-electron chi connectivity index (χ3n) is 4.33. The van der Waals surface area contributed by atoms with Gasteiger partial charge in [0.05, 0.1) is 12.3 Å². The second kappa shape index (κ2) is 6.17. The fourth-order valence-electron chi connectivity index (χ4n) is 3.10. The van der Waals surface area contributed by atoms with E-state index in [1.165, 1.54) is 0 Å². The SMILES string of the molecule is O=C(Cc1c[nH]c2ncccc12)NC1CCC(C(=O)O)CC1. The summed E-state index contributed by atoms with van der Waals surface area (Å²) in [6, 6.07) is 3.89. The molecule has 0 atom stereocenters. The first-order valence-electron chi connectivity index (χ1n) is 7.56. The molecular formula is C16H19N3O3. The summed E-state index contributed by atoms with van der Waals surface area (Å²) in [7, 11) is 0. The molecule has 1 aliphatic rings. The molecule has 2 aromatic heterocycles. The van der Waals surface area contributed by atoms with Gasteiger partial charge < -0.3 is 15.4 Å². The first-order chi connectivity index (χ1) is 10.6. The molecule has 1 amide bonds. The molecule has 0 spiro atoms. The van der Waals surface area contributed by atoms with Gasteiger partial charge in [0.15, 0.2) is 0 Å². The van der Waals surface area contributed by atoms with Crippen molar-refractivity contribution < 1.29 is 14.7 Å². The van der Waals surface area contributed by atoms with Crippen molar-refractivity contribution in [1.82, 2.24) is 15.3 Å². The van der Waals surface area contributed by atoms with Gasteiger partial charge in [0.25, 0.3) is 0 Å². The summed E-state index contributed by atoms with van der Waals surface area (Å²) in [6.45, 7) is 0. The molecule has 3 N–H and O–H groups in total. The van der Waals surface area contributed by atoms with Crippen LogP contribution in [0.5, 0.6) is 0 Å². The molecule has 6 heteroatoms. The maximum Gasteiger partial charge on any atom is 0.306 e. The highest BCUT2D eigenvalue weighted by Gasteiger charge is 2.26. The van der Waals surface area contributed by atoms with Gasteiger partial charge in [-0.05, 0) is 43.4 Å². The molecule has 116 valence electrons. The number of nitrogens with one attached hydrogen (secondary N) is 2. The smallest absolute Gasteiger partial charge is 0.306 e. The van der Waals surface area contributed by atoms with E-state index in [4.69, 9.17) is 5.11 Å². The normalized spacial score (nSPS) is 21.6. The number of H-pyrrole nitrogens is 1. The molecule has 0 aliphatic heterocycles. The lowest BCUT2D eigenvalue weighted by atomic mass is 9.86. The minimum Gasteiger partial charge on any atom is -0.481 e. The van der Waals surface area contributed by atoms with Crippen LogP contribution >= 0.6 is 0 Å². The van der Waals surface area contributed by atoms with E-state index in [9.17, 15) is 9.59 Å². The van der Waals surface area contributed by atoms with Crippen LogP contribution < -0.4 is 5.32 Å². The first-order valence-corrected chi connectivity index (χ1v) is 7.56. The molecule has 0 bridgehead atoms. The van der Waals surface area contributed by atoms with Gasteiger partial charge >= 0.3 is 5.97 Å². The summed E-state index contributed by atoms with van der Waals surface area (Å²) in [5.41, 5.74) is 1.71. The van der Waals surface area contributed by atoms with Gasteiger partial charge in [0.2, 0.25) is 5.91 Å². The third kappa shape index (κ3) is 3.10. The van der Waals surface area contributed by atoms with Crippen molar-refractivity contribution in [3.63, 3.8) is 0 Å². The van der Waals surface area contributed by atoms with E-state index >= 15 is 0 Å². The van der Waals surface area contributed by atoms with E-state index in [0.717, 1.165) is 29.4 Å². The van der Waals surface area contributed by atoms with Crippen molar-refractivity contribution >= 4 is 22.9 Å². The number of aromatic amines is 1. The number of amides is 1. The minimum atomic E-state index is -0.726. The Bertz CT molecular complexity index is 687. The van der Waals surface area contributed by atoms with Gasteiger partial charge in [-0.3, -0.25) is 9.59 Å². The summed E-state index contributed by atoms with van der Waals surface area (Å²) in [5.74, 6) is -1.01. The largest absolute Gasteiger partial charge is 0.481 e. The number of fused-ring (bicyclic) bond motifs is 1. The molecule has 0 aromatic carbocycles. The number of aromatic nitrogens is 2. The number of pyridine rings is 1. The van der Waals surface area contributed by atoms with Crippen LogP contribution in [-0.4, -0.2) is 33.0 Å². The summed E-state index contributed by atoms with van der Waals surface area (Å²) in [5, 5.41) is 13.0. The Morgan fingerprint density at radius 1 is 1.32 bits per heavy atom. The second-order valence-electron chi connectivity index (χ2n) is 5.84. The van der Waals surface area contributed by atoms with Gasteiger partial charge in [-0.2, -0.15) is 0 Å². The van der Waals surface area contributed by atoms with Crippen LogP contribution in [0.1, 0.15) is 31.2 Å². The number of aliphatic carboxylic acids is 1. The molecule has 0 saturated heterocycles. The molecular weight excluding hydrogens is 282 g/mol. The van der Waals surface area contributed by atoms with Crippen molar-refractivity contribution in [3.05, 3.63) is 30.1 Å². The maximum absolute atomic E-state index is 12.2. The number of carbonyl (C=O) groups is 2. The van der Waals surface area contributed by atoms with Crippen molar-refractivity contribution in [1.29, 1.82) is 0 Å². The number of hydrogen-bond acceptors (Lipinski definition) is 3. The van der Waals surface area contributed by atoms with Crippen molar-refractivity contribution in [3.8, 4) is 0 Å². The lowest BCUT2D eigenvalue weighted by Crippen LogP contribution is -2.39. The van der Waals surface area contributed by atoms with Crippen molar-refractivity contribution in [2.45, 2.75) is 38.1 Å². The van der Waals surface area contributed by atoms with Crippen LogP contribution in [0.3, 0.4) is 0 Å². The van der Waals surface area contributed by atoms with E-state index in [1.807, 2.05) is 18.3 Å². The molecule has 6 nitrogen and oxygen atoms in total. The van der Waals surface area contributed by atoms with Gasteiger partial charge in [-0.1, -0.05) is 0 Å². The van der Waals surface area contributed by atoms with E-state index in [2.05, 4.69) is 15.3 Å². The zero-order valence-electron chi connectivity index (χ0n) is 12.2. The molecule has 1 saturated carbocycles. The van der Waals surface area contributed by atoms with E-state index in [1.54, 1.807) is 6.20 Å². The Labute approximate surface area is 127 Å². The molecule has 22 heavy (non-hydrogen) atoms. The maximum atomic E-state index is 12.2. The highest BCUT2D eigenvalue weighted by atomic mass is 16.4. The predicted molar refractivity (Wildman–Crippen MR) is 81.3 cm³/mol. The van der Waals surface area contributed by atoms with Gasteiger partial charge in [-0.25, -0.2) is 4.98 Å². The number of carboxylic acid groups (broad SMARTS) is 1. The van der Waals surface area contributed by atoms with Crippen LogP contribution in [-0.2, 0) is 16.0 Å². The van der Waals surface area contributed by atoms with Crippen LogP contribution in [0.4, 0.5) is 0 Å². The lowest BCUT2D eigenvalue weighted by Gasteiger charge is -2.26. The summed E-state index contributed by atoms with van der Waals surface area (Å²) in [6.07, 6.45) is 6.58. The molecule has 3 rings (SSSR count). The number of hydrogen-bond donors (Lipinski definition) is 3. The van der Waals surface area contributed by atoms with Crippen LogP contribution in [0, 0.1) is 5.92 Å². The average Bonchev–Trinajstić information content (AvgIpc) is 2.91. The molecule has 2 aromatic rings. The zero-order valence-corrected chi connectivity index (χ0v) is 12.2. The van der Waals surface area contributed by atoms with Crippen molar-refractivity contribution in [2.75, 3.05) is 0 Å². The molecule has 0 unspecified atom stereocenters. The predicted octanol–water partition coefficient (Wildman–Crippen LogP) is 1.87. The third-order valence-corrected chi connectivity index (χ3v) is 4.33. The number of carbonyl (C=O) groups excluding carboxylic acids is 1. The summed E-state index contributed by atoms with van der Waals surface area (Å²) < 4.78 is 0. The monoisotopic (exact) mass is 301 g/mol. The Morgan fingerprint density at radius 2 is 2.09 bits per heavy atom. The quantitative estimate of drug-likeness (QED) is 0.803. The summed E-state index contributed by atoms with van der Waals surface area (Å²) >= 11 is 0. The average molecular weight is 301 g/mol. The van der Waals surface area contributed by atoms with E-state index < -0.39 is 5.97 Å². The summed E-state index contributed by atoms with van der Waals surface area (Å²) in [4.78, 5) is 30.4. The highest BCUT2D eigenvalue weighted by molar-refractivity contribution is 5.87. The second-order valence-corrected chi connectivity index (χ2v) is 5.84. The van der Waals surface area contributed by atoms with Gasteiger partial charge in [0.1, 0.15) is 5.65 Å². The lowest BCUT2D eigenvalue weighted by molar-refractivity contribution is -0.142. The number of rotatable bonds is 4.